The largest absolute Gasteiger partial charge is 0.389 e. The zero-order valence-corrected chi connectivity index (χ0v) is 10.3. The fourth-order valence-electron chi connectivity index (χ4n) is 1.28. The third-order valence-electron chi connectivity index (χ3n) is 2.13. The van der Waals surface area contributed by atoms with Crippen molar-refractivity contribution in [2.45, 2.75) is 33.7 Å². The molecule has 0 bridgehead atoms. The first-order chi connectivity index (χ1) is 6.93. The van der Waals surface area contributed by atoms with Gasteiger partial charge >= 0.3 is 0 Å². The number of hydrogen-bond acceptors (Lipinski definition) is 4. The molecule has 0 aliphatic carbocycles. The number of aryl methyl sites for hydroxylation is 1. The molecule has 1 heterocycles. The lowest BCUT2D eigenvalue weighted by molar-refractivity contribution is 0.862. The number of nitrogens with zero attached hydrogens (tertiary/aromatic N) is 2. The van der Waals surface area contributed by atoms with Crippen molar-refractivity contribution in [1.82, 2.24) is 10.2 Å². The van der Waals surface area contributed by atoms with Gasteiger partial charge in [-0.05, 0) is 33.3 Å². The lowest BCUT2D eigenvalue weighted by atomic mass is 10.1. The van der Waals surface area contributed by atoms with Crippen molar-refractivity contribution >= 4 is 23.0 Å². The molecular weight excluding hydrogens is 208 g/mol. The van der Waals surface area contributed by atoms with Crippen LogP contribution < -0.4 is 11.1 Å². The van der Waals surface area contributed by atoms with Crippen molar-refractivity contribution in [2.75, 3.05) is 5.32 Å². The van der Waals surface area contributed by atoms with Crippen LogP contribution in [-0.2, 0) is 0 Å². The molecule has 0 atom stereocenters. The van der Waals surface area contributed by atoms with E-state index in [1.165, 1.54) is 0 Å². The first-order valence-corrected chi connectivity index (χ1v) is 5.24. The van der Waals surface area contributed by atoms with Gasteiger partial charge in [0.25, 0.3) is 0 Å². The van der Waals surface area contributed by atoms with Crippen LogP contribution in [0, 0.1) is 13.8 Å². The molecule has 0 aromatic carbocycles. The summed E-state index contributed by atoms with van der Waals surface area (Å²) in [4.78, 5) is 0.355. The third-order valence-corrected chi connectivity index (χ3v) is 2.33. The van der Waals surface area contributed by atoms with Gasteiger partial charge in [-0.25, -0.2) is 0 Å². The van der Waals surface area contributed by atoms with Crippen LogP contribution in [0.1, 0.15) is 30.7 Å². The molecule has 1 aromatic heterocycles. The molecule has 1 aromatic rings. The Labute approximate surface area is 95.3 Å². The molecule has 0 aliphatic rings. The van der Waals surface area contributed by atoms with E-state index in [-0.39, 0.29) is 6.04 Å². The summed E-state index contributed by atoms with van der Waals surface area (Å²) in [6, 6.07) is 0.273. The monoisotopic (exact) mass is 224 g/mol. The number of aromatic nitrogens is 2. The summed E-state index contributed by atoms with van der Waals surface area (Å²) in [5, 5.41) is 11.3. The van der Waals surface area contributed by atoms with E-state index >= 15 is 0 Å². The Morgan fingerprint density at radius 1 is 1.33 bits per heavy atom. The van der Waals surface area contributed by atoms with Crippen molar-refractivity contribution in [3.63, 3.8) is 0 Å². The van der Waals surface area contributed by atoms with Crippen molar-refractivity contribution in [2.24, 2.45) is 5.73 Å². The van der Waals surface area contributed by atoms with Crippen molar-refractivity contribution in [3.05, 3.63) is 16.8 Å². The average Bonchev–Trinajstić information content (AvgIpc) is 2.10. The van der Waals surface area contributed by atoms with E-state index in [0.717, 1.165) is 16.8 Å². The standard InChI is InChI=1S/C10H16N4S/c1-5(2)12-10-8(9(11)15)6(3)7(4)13-14-10/h5H,1-4H3,(H2,11,15)(H,12,14). The fourth-order valence-corrected chi connectivity index (χ4v) is 1.53. The molecule has 3 N–H and O–H groups in total. The van der Waals surface area contributed by atoms with Crippen LogP contribution in [0.15, 0.2) is 0 Å². The van der Waals surface area contributed by atoms with Crippen LogP contribution in [0.2, 0.25) is 0 Å². The van der Waals surface area contributed by atoms with Crippen LogP contribution in [-0.4, -0.2) is 21.2 Å². The van der Waals surface area contributed by atoms with Gasteiger partial charge in [-0.3, -0.25) is 0 Å². The Kier molecular flexibility index (Phi) is 3.57. The second kappa shape index (κ2) is 4.53. The average molecular weight is 224 g/mol. The number of nitrogens with two attached hydrogens (primary N) is 1. The number of anilines is 1. The highest BCUT2D eigenvalue weighted by Gasteiger charge is 2.13. The van der Waals surface area contributed by atoms with Crippen molar-refractivity contribution in [1.29, 1.82) is 0 Å². The summed E-state index contributed by atoms with van der Waals surface area (Å²) in [6.45, 7) is 7.90. The Bertz CT molecular complexity index is 387. The minimum absolute atomic E-state index is 0.273. The Hall–Kier alpha value is -1.23. The quantitative estimate of drug-likeness (QED) is 0.763. The van der Waals surface area contributed by atoms with Crippen LogP contribution in [0.5, 0.6) is 0 Å². The zero-order chi connectivity index (χ0) is 11.6. The van der Waals surface area contributed by atoms with E-state index in [0.29, 0.717) is 10.8 Å². The molecule has 1 rings (SSSR count). The molecule has 0 amide bonds. The van der Waals surface area contributed by atoms with E-state index in [1.54, 1.807) is 0 Å². The molecule has 0 fully saturated rings. The van der Waals surface area contributed by atoms with Gasteiger partial charge in [-0.2, -0.15) is 5.10 Å². The van der Waals surface area contributed by atoms with Crippen molar-refractivity contribution in [3.8, 4) is 0 Å². The van der Waals surface area contributed by atoms with Gasteiger partial charge < -0.3 is 11.1 Å². The normalized spacial score (nSPS) is 10.5. The van der Waals surface area contributed by atoms with E-state index < -0.39 is 0 Å². The molecule has 0 unspecified atom stereocenters. The van der Waals surface area contributed by atoms with Gasteiger partial charge in [0.2, 0.25) is 0 Å². The van der Waals surface area contributed by atoms with E-state index in [1.807, 2.05) is 27.7 Å². The Morgan fingerprint density at radius 2 is 1.93 bits per heavy atom. The van der Waals surface area contributed by atoms with Gasteiger partial charge in [0.1, 0.15) is 4.99 Å². The van der Waals surface area contributed by atoms with Gasteiger partial charge in [0.15, 0.2) is 5.82 Å². The predicted octanol–water partition coefficient (Wildman–Crippen LogP) is 1.55. The molecule has 5 heteroatoms. The van der Waals surface area contributed by atoms with Crippen LogP contribution >= 0.6 is 12.2 Å². The molecule has 0 saturated carbocycles. The Morgan fingerprint density at radius 3 is 2.40 bits per heavy atom. The number of rotatable bonds is 3. The lowest BCUT2D eigenvalue weighted by Gasteiger charge is -2.15. The van der Waals surface area contributed by atoms with Gasteiger partial charge in [-0.1, -0.05) is 12.2 Å². The number of thiocarbonyl (C=S) groups is 1. The molecule has 4 nitrogen and oxygen atoms in total. The summed E-state index contributed by atoms with van der Waals surface area (Å²) >= 11 is 5.02. The van der Waals surface area contributed by atoms with Crippen LogP contribution in [0.25, 0.3) is 0 Å². The topological polar surface area (TPSA) is 63.8 Å². The highest BCUT2D eigenvalue weighted by Crippen LogP contribution is 2.18. The van der Waals surface area contributed by atoms with Gasteiger partial charge in [0.05, 0.1) is 11.3 Å². The Balaban J connectivity index is 3.27. The highest BCUT2D eigenvalue weighted by molar-refractivity contribution is 7.80. The summed E-state index contributed by atoms with van der Waals surface area (Å²) in [5.41, 5.74) is 8.32. The fraction of sp³-hybridized carbons (Fsp3) is 0.500. The summed E-state index contributed by atoms with van der Waals surface area (Å²) in [5.74, 6) is 0.667. The third kappa shape index (κ3) is 2.62. The highest BCUT2D eigenvalue weighted by atomic mass is 32.1. The molecule has 0 aliphatic heterocycles. The molecule has 0 radical (unpaired) electrons. The van der Waals surface area contributed by atoms with E-state index in [2.05, 4.69) is 15.5 Å². The molecule has 82 valence electrons. The SMILES string of the molecule is Cc1nnc(NC(C)C)c(C(N)=S)c1C. The minimum Gasteiger partial charge on any atom is -0.389 e. The summed E-state index contributed by atoms with van der Waals surface area (Å²) in [7, 11) is 0. The molecule has 15 heavy (non-hydrogen) atoms. The first-order valence-electron chi connectivity index (χ1n) is 4.83. The van der Waals surface area contributed by atoms with Crippen molar-refractivity contribution < 1.29 is 0 Å². The van der Waals surface area contributed by atoms with Crippen LogP contribution in [0.3, 0.4) is 0 Å². The maximum Gasteiger partial charge on any atom is 0.159 e. The van der Waals surface area contributed by atoms with E-state index in [4.69, 9.17) is 18.0 Å². The van der Waals surface area contributed by atoms with Gasteiger partial charge in [0, 0.05) is 6.04 Å². The smallest absolute Gasteiger partial charge is 0.159 e. The maximum atomic E-state index is 5.68. The number of hydrogen-bond donors (Lipinski definition) is 2. The van der Waals surface area contributed by atoms with E-state index in [9.17, 15) is 0 Å². The second-order valence-corrected chi connectivity index (χ2v) is 4.24. The molecule has 0 saturated heterocycles. The van der Waals surface area contributed by atoms with Crippen LogP contribution in [0.4, 0.5) is 5.82 Å². The van der Waals surface area contributed by atoms with Gasteiger partial charge in [-0.15, -0.1) is 5.10 Å². The lowest BCUT2D eigenvalue weighted by Crippen LogP contribution is -2.20. The summed E-state index contributed by atoms with van der Waals surface area (Å²) in [6.07, 6.45) is 0. The first kappa shape index (κ1) is 11.8. The molecule has 0 spiro atoms. The maximum absolute atomic E-state index is 5.68. The number of nitrogens with one attached hydrogen (secondary N) is 1. The zero-order valence-electron chi connectivity index (χ0n) is 9.46. The minimum atomic E-state index is 0.273. The second-order valence-electron chi connectivity index (χ2n) is 3.80. The molecular formula is C10H16N4S. The predicted molar refractivity (Wildman–Crippen MR) is 66.2 cm³/mol. The summed E-state index contributed by atoms with van der Waals surface area (Å²) < 4.78 is 0.